The topological polar surface area (TPSA) is 73.1 Å². The third-order valence-corrected chi connectivity index (χ3v) is 3.70. The zero-order chi connectivity index (χ0) is 13.1. The molecule has 19 heavy (non-hydrogen) atoms. The number of hydrogen-bond donors (Lipinski definition) is 2. The summed E-state index contributed by atoms with van der Waals surface area (Å²) in [6.45, 7) is 1.62. The van der Waals surface area contributed by atoms with E-state index < -0.39 is 0 Å². The van der Waals surface area contributed by atoms with Gasteiger partial charge < -0.3 is 4.74 Å². The number of nitrogens with zero attached hydrogens (tertiary/aromatic N) is 2. The van der Waals surface area contributed by atoms with E-state index >= 15 is 0 Å². The van der Waals surface area contributed by atoms with Gasteiger partial charge in [-0.15, -0.1) is 0 Å². The molecule has 100 valence electrons. The molecule has 2 aromatic rings. The molecule has 0 aliphatic carbocycles. The van der Waals surface area contributed by atoms with Crippen LogP contribution in [0.3, 0.4) is 0 Å². The molecule has 0 amide bonds. The van der Waals surface area contributed by atoms with E-state index in [-0.39, 0.29) is 6.04 Å². The molecular formula is C14H18N4O. The summed E-state index contributed by atoms with van der Waals surface area (Å²) in [5.41, 5.74) is 5.87. The number of rotatable bonds is 3. The van der Waals surface area contributed by atoms with E-state index in [2.05, 4.69) is 27.5 Å². The van der Waals surface area contributed by atoms with Crippen molar-refractivity contribution in [2.75, 3.05) is 13.2 Å². The standard InChI is InChI=1S/C14H18N4O/c15-18-14(11-2-1-7-19-9-11)10-3-4-12-13(8-10)17-6-5-16-12/h3-6,8,11,14,18H,1-2,7,9,15H2. The van der Waals surface area contributed by atoms with E-state index in [1.807, 2.05) is 6.07 Å². The molecule has 1 aliphatic heterocycles. The molecule has 2 atom stereocenters. The third kappa shape index (κ3) is 2.58. The molecule has 1 aromatic heterocycles. The Labute approximate surface area is 112 Å². The molecule has 2 unspecified atom stereocenters. The van der Waals surface area contributed by atoms with Gasteiger partial charge in [0.05, 0.1) is 23.7 Å². The summed E-state index contributed by atoms with van der Waals surface area (Å²) < 4.78 is 5.55. The summed E-state index contributed by atoms with van der Waals surface area (Å²) in [6, 6.07) is 6.22. The predicted octanol–water partition coefficient (Wildman–Crippen LogP) is 1.56. The number of hydrogen-bond acceptors (Lipinski definition) is 5. The summed E-state index contributed by atoms with van der Waals surface area (Å²) in [7, 11) is 0. The molecule has 1 aromatic carbocycles. The smallest absolute Gasteiger partial charge is 0.0890 e. The maximum atomic E-state index is 5.74. The van der Waals surface area contributed by atoms with Gasteiger partial charge in [0.15, 0.2) is 0 Å². The lowest BCUT2D eigenvalue weighted by Gasteiger charge is -2.30. The quantitative estimate of drug-likeness (QED) is 0.645. The number of ether oxygens (including phenoxy) is 1. The fourth-order valence-corrected chi connectivity index (χ4v) is 2.71. The Bertz CT molecular complexity index is 554. The highest BCUT2D eigenvalue weighted by atomic mass is 16.5. The highest BCUT2D eigenvalue weighted by molar-refractivity contribution is 5.74. The molecule has 2 heterocycles. The second-order valence-electron chi connectivity index (χ2n) is 4.93. The van der Waals surface area contributed by atoms with Crippen LogP contribution in [0.4, 0.5) is 0 Å². The van der Waals surface area contributed by atoms with Gasteiger partial charge in [-0.1, -0.05) is 6.07 Å². The van der Waals surface area contributed by atoms with Crippen molar-refractivity contribution in [3.8, 4) is 0 Å². The van der Waals surface area contributed by atoms with Crippen LogP contribution in [0, 0.1) is 5.92 Å². The minimum Gasteiger partial charge on any atom is -0.381 e. The zero-order valence-electron chi connectivity index (χ0n) is 10.7. The van der Waals surface area contributed by atoms with Crippen molar-refractivity contribution in [1.82, 2.24) is 15.4 Å². The fourth-order valence-electron chi connectivity index (χ4n) is 2.71. The monoisotopic (exact) mass is 258 g/mol. The van der Waals surface area contributed by atoms with E-state index in [1.54, 1.807) is 12.4 Å². The van der Waals surface area contributed by atoms with Crippen molar-refractivity contribution in [3.63, 3.8) is 0 Å². The second-order valence-corrected chi connectivity index (χ2v) is 4.93. The lowest BCUT2D eigenvalue weighted by atomic mass is 9.89. The maximum absolute atomic E-state index is 5.74. The number of aromatic nitrogens is 2. The Balaban J connectivity index is 1.91. The molecule has 0 radical (unpaired) electrons. The van der Waals surface area contributed by atoms with Crippen LogP contribution in [-0.2, 0) is 4.74 Å². The molecule has 0 bridgehead atoms. The first-order valence-electron chi connectivity index (χ1n) is 6.63. The Morgan fingerprint density at radius 2 is 2.11 bits per heavy atom. The van der Waals surface area contributed by atoms with E-state index in [0.29, 0.717) is 5.92 Å². The number of fused-ring (bicyclic) bond motifs is 1. The predicted molar refractivity (Wildman–Crippen MR) is 73.1 cm³/mol. The number of nitrogens with two attached hydrogens (primary N) is 1. The molecule has 0 spiro atoms. The minimum absolute atomic E-state index is 0.103. The summed E-state index contributed by atoms with van der Waals surface area (Å²) in [5.74, 6) is 6.15. The Morgan fingerprint density at radius 1 is 1.26 bits per heavy atom. The van der Waals surface area contributed by atoms with Crippen LogP contribution in [0.5, 0.6) is 0 Å². The highest BCUT2D eigenvalue weighted by Gasteiger charge is 2.24. The average Bonchev–Trinajstić information content (AvgIpc) is 2.49. The first kappa shape index (κ1) is 12.5. The van der Waals surface area contributed by atoms with Crippen molar-refractivity contribution in [1.29, 1.82) is 0 Å². The Hall–Kier alpha value is -1.56. The van der Waals surface area contributed by atoms with Gasteiger partial charge in [0.1, 0.15) is 0 Å². The summed E-state index contributed by atoms with van der Waals surface area (Å²) in [5, 5.41) is 0. The van der Waals surface area contributed by atoms with Gasteiger partial charge in [0, 0.05) is 24.9 Å². The van der Waals surface area contributed by atoms with Gasteiger partial charge in [-0.2, -0.15) is 0 Å². The van der Waals surface area contributed by atoms with E-state index in [9.17, 15) is 0 Å². The van der Waals surface area contributed by atoms with Crippen LogP contribution in [0.25, 0.3) is 11.0 Å². The normalized spacial score (nSPS) is 21.4. The van der Waals surface area contributed by atoms with Crippen LogP contribution in [-0.4, -0.2) is 23.2 Å². The van der Waals surface area contributed by atoms with Gasteiger partial charge in [0.25, 0.3) is 0 Å². The van der Waals surface area contributed by atoms with Crippen LogP contribution < -0.4 is 11.3 Å². The molecule has 1 aliphatic rings. The maximum Gasteiger partial charge on any atom is 0.0890 e. The third-order valence-electron chi connectivity index (χ3n) is 3.70. The van der Waals surface area contributed by atoms with Gasteiger partial charge >= 0.3 is 0 Å². The molecule has 1 saturated heterocycles. The molecule has 1 fully saturated rings. The number of benzene rings is 1. The van der Waals surface area contributed by atoms with E-state index in [0.717, 1.165) is 42.7 Å². The SMILES string of the molecule is NNC(c1ccc2nccnc2c1)C1CCCOC1. The summed E-state index contributed by atoms with van der Waals surface area (Å²) in [6.07, 6.45) is 5.64. The van der Waals surface area contributed by atoms with Crippen LogP contribution >= 0.6 is 0 Å². The molecule has 3 N–H and O–H groups in total. The van der Waals surface area contributed by atoms with Crippen LogP contribution in [0.15, 0.2) is 30.6 Å². The largest absolute Gasteiger partial charge is 0.381 e. The van der Waals surface area contributed by atoms with E-state index in [1.165, 1.54) is 0 Å². The average molecular weight is 258 g/mol. The van der Waals surface area contributed by atoms with Gasteiger partial charge in [-0.05, 0) is 30.5 Å². The first-order chi connectivity index (χ1) is 9.38. The fraction of sp³-hybridized carbons (Fsp3) is 0.429. The van der Waals surface area contributed by atoms with E-state index in [4.69, 9.17) is 10.6 Å². The molecule has 5 nitrogen and oxygen atoms in total. The van der Waals surface area contributed by atoms with Crippen molar-refractivity contribution < 1.29 is 4.74 Å². The lowest BCUT2D eigenvalue weighted by Crippen LogP contribution is -2.37. The Kier molecular flexibility index (Phi) is 3.68. The number of nitrogens with one attached hydrogen (secondary N) is 1. The lowest BCUT2D eigenvalue weighted by molar-refractivity contribution is 0.0390. The molecule has 5 heteroatoms. The molecule has 0 saturated carbocycles. The van der Waals surface area contributed by atoms with Crippen LogP contribution in [0.2, 0.25) is 0 Å². The zero-order valence-corrected chi connectivity index (χ0v) is 10.7. The number of hydrazine groups is 1. The minimum atomic E-state index is 0.103. The van der Waals surface area contributed by atoms with Crippen molar-refractivity contribution >= 4 is 11.0 Å². The van der Waals surface area contributed by atoms with Gasteiger partial charge in [-0.25, -0.2) is 0 Å². The molecular weight excluding hydrogens is 240 g/mol. The van der Waals surface area contributed by atoms with Crippen molar-refractivity contribution in [2.24, 2.45) is 11.8 Å². The second kappa shape index (κ2) is 5.61. The van der Waals surface area contributed by atoms with Gasteiger partial charge in [-0.3, -0.25) is 21.2 Å². The summed E-state index contributed by atoms with van der Waals surface area (Å²) in [4.78, 5) is 8.62. The first-order valence-corrected chi connectivity index (χ1v) is 6.63. The van der Waals surface area contributed by atoms with Crippen LogP contribution in [0.1, 0.15) is 24.4 Å². The van der Waals surface area contributed by atoms with Gasteiger partial charge in [0.2, 0.25) is 0 Å². The Morgan fingerprint density at radius 3 is 2.84 bits per heavy atom. The summed E-state index contributed by atoms with van der Waals surface area (Å²) >= 11 is 0. The molecule has 3 rings (SSSR count). The van der Waals surface area contributed by atoms with Crippen molar-refractivity contribution in [3.05, 3.63) is 36.2 Å². The van der Waals surface area contributed by atoms with Crippen molar-refractivity contribution in [2.45, 2.75) is 18.9 Å². The highest BCUT2D eigenvalue weighted by Crippen LogP contribution is 2.29.